The van der Waals surface area contributed by atoms with Crippen molar-refractivity contribution in [2.45, 2.75) is 19.4 Å². The van der Waals surface area contributed by atoms with Crippen molar-refractivity contribution in [2.75, 3.05) is 0 Å². The molecule has 0 saturated carbocycles. The Labute approximate surface area is 44.5 Å². The molecule has 0 fully saturated rings. The van der Waals surface area contributed by atoms with E-state index in [1.807, 2.05) is 13.8 Å². The molecule has 0 rings (SSSR count). The minimum Gasteiger partial charge on any atom is -0.0950 e. The maximum Gasteiger partial charge on any atom is 0.293 e. The van der Waals surface area contributed by atoms with Crippen LogP contribution < -0.4 is 0 Å². The van der Waals surface area contributed by atoms with E-state index >= 15 is 0 Å². The largest absolute Gasteiger partial charge is 0.293 e. The second-order valence-electron chi connectivity index (χ2n) is 1.99. The fraction of sp³-hybridized carbons (Fsp3) is 0.500. The molecule has 0 bridgehead atoms. The average Bonchev–Trinajstić information content (AvgIpc) is 1.68. The predicted molar refractivity (Wildman–Crippen MR) is 32.6 cm³/mol. The zero-order chi connectivity index (χ0) is 5.91. The zero-order valence-electron chi connectivity index (χ0n) is 4.81. The lowest BCUT2D eigenvalue weighted by molar-refractivity contribution is 0.778. The summed E-state index contributed by atoms with van der Waals surface area (Å²) >= 11 is 0. The number of hydrogen-bond acceptors (Lipinski definition) is 0. The minimum absolute atomic E-state index is 0.250. The van der Waals surface area contributed by atoms with Gasteiger partial charge in [0.2, 0.25) is 0 Å². The Balaban J connectivity index is 3.91. The summed E-state index contributed by atoms with van der Waals surface area (Å²) < 4.78 is 0. The quantitative estimate of drug-likeness (QED) is 0.439. The molecule has 0 aliphatic heterocycles. The summed E-state index contributed by atoms with van der Waals surface area (Å²) in [6, 6.07) is 0. The van der Waals surface area contributed by atoms with Crippen molar-refractivity contribution in [1.82, 2.24) is 0 Å². The van der Waals surface area contributed by atoms with Gasteiger partial charge >= 0.3 is 0 Å². The molecule has 0 heterocycles. The molecule has 0 spiro atoms. The third kappa shape index (κ3) is 1.99. The topological polar surface area (TPSA) is 4.36 Å². The molecule has 0 radical (unpaired) electrons. The van der Waals surface area contributed by atoms with E-state index in [-0.39, 0.29) is 5.54 Å². The van der Waals surface area contributed by atoms with Gasteiger partial charge in [-0.1, -0.05) is 11.4 Å². The summed E-state index contributed by atoms with van der Waals surface area (Å²) in [6.45, 7) is 12.3. The van der Waals surface area contributed by atoms with Gasteiger partial charge in [0.1, 0.15) is 0 Å². The maximum atomic E-state index is 4.97. The summed E-state index contributed by atoms with van der Waals surface area (Å²) in [7, 11) is 0. The van der Waals surface area contributed by atoms with E-state index in [2.05, 4.69) is 11.4 Å². The van der Waals surface area contributed by atoms with Crippen LogP contribution in [0.1, 0.15) is 13.8 Å². The van der Waals surface area contributed by atoms with E-state index < -0.39 is 0 Å². The monoisotopic (exact) mass is 96.1 g/mol. The van der Waals surface area contributed by atoms with Crippen LogP contribution in [0, 0.1) is 6.57 Å². The first-order chi connectivity index (χ1) is 3.12. The molecule has 0 aliphatic carbocycles. The summed E-state index contributed by atoms with van der Waals surface area (Å²) in [5, 5.41) is 0. The van der Waals surface area contributed by atoms with Crippen molar-refractivity contribution in [1.29, 1.82) is 0 Å². The molecule has 1 nitrogen and oxygen atoms in total. The van der Waals surface area contributed by atoms with E-state index in [9.17, 15) is 0 Å². The zero-order valence-corrected chi connectivity index (χ0v) is 4.81. The van der Waals surface area contributed by atoms with Crippen molar-refractivity contribution in [3.05, 3.63) is 17.5 Å². The van der Waals surface area contributed by atoms with Crippen LogP contribution in [0.15, 0.2) is 12.7 Å². The molecule has 0 aromatic rings. The highest BCUT2D eigenvalue weighted by atomic mass is 14.7. The lowest BCUT2D eigenvalue weighted by atomic mass is 10.1. The Bertz CT molecular complexity index is 106. The van der Waals surface area contributed by atoms with Crippen molar-refractivity contribution in [3.8, 4) is 6.57 Å². The molecule has 0 amide bonds. The third-order valence-electron chi connectivity index (χ3n) is 0.832. The predicted octanol–water partition coefficient (Wildman–Crippen LogP) is 1.91. The van der Waals surface area contributed by atoms with Crippen LogP contribution in [0.3, 0.4) is 0 Å². The van der Waals surface area contributed by atoms with E-state index in [1.165, 1.54) is 0 Å². The van der Waals surface area contributed by atoms with Crippen molar-refractivity contribution in [3.63, 3.8) is 0 Å². The average molecular weight is 96.2 g/mol. The normalized spacial score (nSPS) is 9.86. The molecule has 1 heteroatoms. The molecule has 0 saturated heterocycles. The fourth-order valence-corrected chi connectivity index (χ4v) is 0.0527. The van der Waals surface area contributed by atoms with E-state index in [0.717, 1.165) is 0 Å². The van der Waals surface area contributed by atoms with Gasteiger partial charge in [-0.2, -0.15) is 0 Å². The molecule has 0 aliphatic rings. The van der Waals surface area contributed by atoms with Gasteiger partial charge in [0.25, 0.3) is 12.1 Å². The molecule has 0 unspecified atom stereocenters. The fourth-order valence-electron chi connectivity index (χ4n) is 0.0527. The van der Waals surface area contributed by atoms with Gasteiger partial charge in [0.15, 0.2) is 0 Å². The molecular formula is C6H10N+. The Morgan fingerprint density at radius 1 is 1.71 bits per heavy atom. The number of rotatable bonds is 1. The maximum absolute atomic E-state index is 4.97. The number of hydrogen-bond donors (Lipinski definition) is 0. The summed E-state index contributed by atoms with van der Waals surface area (Å²) in [5.41, 5.74) is -0.250. The molecule has 7 heavy (non-hydrogen) atoms. The van der Waals surface area contributed by atoms with E-state index in [4.69, 9.17) is 6.57 Å². The van der Waals surface area contributed by atoms with Crippen LogP contribution in [-0.4, -0.2) is 5.54 Å². The van der Waals surface area contributed by atoms with Crippen LogP contribution in [0.25, 0.3) is 4.85 Å². The van der Waals surface area contributed by atoms with Crippen molar-refractivity contribution < 1.29 is 0 Å². The highest BCUT2D eigenvalue weighted by molar-refractivity contribution is 5.05. The van der Waals surface area contributed by atoms with E-state index in [0.29, 0.717) is 0 Å². The van der Waals surface area contributed by atoms with E-state index in [1.54, 1.807) is 6.08 Å². The molecule has 0 atom stereocenters. The van der Waals surface area contributed by atoms with Gasteiger partial charge in [0.05, 0.1) is 0 Å². The number of nitrogens with zero attached hydrogens (tertiary/aromatic N) is 1. The minimum atomic E-state index is -0.250. The molecule has 0 aromatic carbocycles. The van der Waals surface area contributed by atoms with Crippen LogP contribution in [0.5, 0.6) is 0 Å². The lowest BCUT2D eigenvalue weighted by Crippen LogP contribution is -2.07. The Morgan fingerprint density at radius 2 is 2.14 bits per heavy atom. The van der Waals surface area contributed by atoms with Gasteiger partial charge in [-0.15, -0.1) is 0 Å². The van der Waals surface area contributed by atoms with Crippen molar-refractivity contribution in [2.24, 2.45) is 0 Å². The summed E-state index contributed by atoms with van der Waals surface area (Å²) in [4.78, 5) is 3.52. The second kappa shape index (κ2) is 1.79. The third-order valence-corrected chi connectivity index (χ3v) is 0.832. The SMILES string of the molecule is C#[N+]C(C)(C)C=C. The Kier molecular flexibility index (Phi) is 1.59. The second-order valence-corrected chi connectivity index (χ2v) is 1.99. The van der Waals surface area contributed by atoms with Gasteiger partial charge < -0.3 is 0 Å². The van der Waals surface area contributed by atoms with Crippen LogP contribution >= 0.6 is 0 Å². The van der Waals surface area contributed by atoms with Gasteiger partial charge in [0, 0.05) is 13.8 Å². The smallest absolute Gasteiger partial charge is 0.0950 e. The Morgan fingerprint density at radius 3 is 2.14 bits per heavy atom. The van der Waals surface area contributed by atoms with Gasteiger partial charge in [-0.3, -0.25) is 0 Å². The first-order valence-electron chi connectivity index (χ1n) is 2.18. The van der Waals surface area contributed by atoms with Gasteiger partial charge in [-0.05, 0) is 6.08 Å². The standard InChI is InChI=1S/C6H10N/c1-5-6(2,3)7-4/h4-5H,1H2,2-3H3/q+1. The first kappa shape index (κ1) is 6.23. The van der Waals surface area contributed by atoms with Crippen LogP contribution in [0.2, 0.25) is 0 Å². The lowest BCUT2D eigenvalue weighted by Gasteiger charge is -1.93. The van der Waals surface area contributed by atoms with Crippen molar-refractivity contribution >= 4 is 0 Å². The molecule has 0 N–H and O–H groups in total. The van der Waals surface area contributed by atoms with Crippen LogP contribution in [0.4, 0.5) is 0 Å². The van der Waals surface area contributed by atoms with Gasteiger partial charge in [-0.25, -0.2) is 0 Å². The molecule has 0 aromatic heterocycles. The van der Waals surface area contributed by atoms with Crippen LogP contribution in [-0.2, 0) is 0 Å². The highest BCUT2D eigenvalue weighted by Gasteiger charge is 2.20. The molecule has 38 valence electrons. The highest BCUT2D eigenvalue weighted by Crippen LogP contribution is 2.07. The first-order valence-corrected chi connectivity index (χ1v) is 2.18. The Hall–Kier alpha value is -0.770. The molecular weight excluding hydrogens is 86.1 g/mol. The summed E-state index contributed by atoms with van der Waals surface area (Å²) in [6.07, 6.45) is 1.70. The summed E-state index contributed by atoms with van der Waals surface area (Å²) in [5.74, 6) is 0.